The van der Waals surface area contributed by atoms with Gasteiger partial charge in [-0.05, 0) is 67.2 Å². The fourth-order valence-electron chi connectivity index (χ4n) is 5.16. The van der Waals surface area contributed by atoms with Crippen LogP contribution in [0.4, 0.5) is 26.3 Å². The van der Waals surface area contributed by atoms with E-state index in [9.17, 15) is 35.9 Å². The molecule has 2 amide bonds. The second kappa shape index (κ2) is 10.8. The van der Waals surface area contributed by atoms with Crippen LogP contribution < -0.4 is 10.6 Å². The molecular formula is C27H27F6N3O2. The van der Waals surface area contributed by atoms with E-state index in [2.05, 4.69) is 39.8 Å². The van der Waals surface area contributed by atoms with Crippen molar-refractivity contribution in [1.82, 2.24) is 15.5 Å². The highest BCUT2D eigenvalue weighted by molar-refractivity contribution is 5.83. The Bertz CT molecular complexity index is 1170. The second-order valence-electron chi connectivity index (χ2n) is 9.68. The summed E-state index contributed by atoms with van der Waals surface area (Å²) in [5.74, 6) is -0.691. The van der Waals surface area contributed by atoms with Crippen molar-refractivity contribution >= 4 is 18.4 Å². The first-order valence-electron chi connectivity index (χ1n) is 12.2. The second-order valence-corrected chi connectivity index (χ2v) is 9.68. The maximum absolute atomic E-state index is 13.1. The van der Waals surface area contributed by atoms with Crippen molar-refractivity contribution in [3.05, 3.63) is 76.4 Å². The van der Waals surface area contributed by atoms with Crippen LogP contribution in [0.3, 0.4) is 0 Å². The molecule has 1 aliphatic carbocycles. The number of allylic oxidation sites excluding steroid dienone is 1. The number of rotatable bonds is 8. The van der Waals surface area contributed by atoms with Crippen molar-refractivity contribution in [3.8, 4) is 0 Å². The zero-order valence-corrected chi connectivity index (χ0v) is 20.3. The molecule has 2 aromatic rings. The average molecular weight is 540 g/mol. The van der Waals surface area contributed by atoms with E-state index in [0.717, 1.165) is 25.9 Å². The first-order chi connectivity index (χ1) is 17.9. The molecule has 11 heteroatoms. The summed E-state index contributed by atoms with van der Waals surface area (Å²) in [4.78, 5) is 25.9. The molecule has 1 spiro atoms. The van der Waals surface area contributed by atoms with Crippen LogP contribution in [-0.2, 0) is 33.9 Å². The van der Waals surface area contributed by atoms with Gasteiger partial charge in [0.15, 0.2) is 0 Å². The van der Waals surface area contributed by atoms with Crippen LogP contribution in [-0.4, -0.2) is 42.9 Å². The van der Waals surface area contributed by atoms with Crippen LogP contribution in [0.15, 0.2) is 48.5 Å². The molecule has 2 aromatic carbocycles. The Labute approximate surface area is 215 Å². The molecule has 1 heterocycles. The molecular weight excluding hydrogens is 512 g/mol. The van der Waals surface area contributed by atoms with Crippen LogP contribution in [0, 0.1) is 0 Å². The van der Waals surface area contributed by atoms with Gasteiger partial charge in [-0.1, -0.05) is 36.4 Å². The zero-order valence-electron chi connectivity index (χ0n) is 20.3. The fourth-order valence-corrected chi connectivity index (χ4v) is 5.16. The van der Waals surface area contributed by atoms with Gasteiger partial charge in [-0.2, -0.15) is 26.3 Å². The van der Waals surface area contributed by atoms with E-state index in [0.29, 0.717) is 25.1 Å². The predicted molar refractivity (Wildman–Crippen MR) is 129 cm³/mol. The van der Waals surface area contributed by atoms with E-state index in [1.165, 1.54) is 11.1 Å². The maximum Gasteiger partial charge on any atom is 0.416 e. The number of halogens is 6. The molecule has 5 nitrogen and oxygen atoms in total. The molecule has 0 aromatic heterocycles. The van der Waals surface area contributed by atoms with Crippen molar-refractivity contribution < 1.29 is 35.9 Å². The van der Waals surface area contributed by atoms with Gasteiger partial charge >= 0.3 is 12.4 Å². The molecule has 2 N–H and O–H groups in total. The van der Waals surface area contributed by atoms with Crippen LogP contribution >= 0.6 is 0 Å². The lowest BCUT2D eigenvalue weighted by Gasteiger charge is -2.39. The molecule has 1 unspecified atom stereocenters. The van der Waals surface area contributed by atoms with E-state index < -0.39 is 42.0 Å². The molecule has 0 saturated carbocycles. The lowest BCUT2D eigenvalue weighted by atomic mass is 9.74. The smallest absolute Gasteiger partial charge is 0.350 e. The summed E-state index contributed by atoms with van der Waals surface area (Å²) >= 11 is 0. The van der Waals surface area contributed by atoms with Crippen molar-refractivity contribution in [1.29, 1.82) is 0 Å². The van der Waals surface area contributed by atoms with E-state index in [1.54, 1.807) is 0 Å². The van der Waals surface area contributed by atoms with Gasteiger partial charge in [-0.3, -0.25) is 9.59 Å². The highest BCUT2D eigenvalue weighted by atomic mass is 19.4. The minimum Gasteiger partial charge on any atom is -0.350 e. The summed E-state index contributed by atoms with van der Waals surface area (Å²) in [7, 11) is 0. The number of hydrogen-bond donors (Lipinski definition) is 2. The van der Waals surface area contributed by atoms with Gasteiger partial charge in [0.25, 0.3) is 0 Å². The molecule has 2 aliphatic rings. The number of carbonyl (C=O) groups is 2. The lowest BCUT2D eigenvalue weighted by molar-refractivity contribution is -0.143. The quantitative estimate of drug-likeness (QED) is 0.371. The Morgan fingerprint density at radius 2 is 1.63 bits per heavy atom. The molecule has 0 bridgehead atoms. The third-order valence-corrected chi connectivity index (χ3v) is 7.26. The molecule has 1 saturated heterocycles. The number of amides is 2. The maximum atomic E-state index is 13.1. The third kappa shape index (κ3) is 6.20. The summed E-state index contributed by atoms with van der Waals surface area (Å²) in [5.41, 5.74) is -0.746. The first kappa shape index (κ1) is 27.7. The molecule has 1 atom stereocenters. The van der Waals surface area contributed by atoms with E-state index in [-0.39, 0.29) is 23.5 Å². The fraction of sp³-hybridized carbons (Fsp3) is 0.407. The number of nitrogens with zero attached hydrogens (tertiary/aromatic N) is 1. The summed E-state index contributed by atoms with van der Waals surface area (Å²) in [6.45, 7) is 1.49. The van der Waals surface area contributed by atoms with Crippen LogP contribution in [0.1, 0.15) is 47.1 Å². The number of alkyl halides is 6. The Kier molecular flexibility index (Phi) is 7.87. The summed E-state index contributed by atoms with van der Waals surface area (Å²) in [6.07, 6.45) is -3.19. The van der Waals surface area contributed by atoms with E-state index in [1.807, 2.05) is 12.1 Å². The highest BCUT2D eigenvalue weighted by Gasteiger charge is 2.38. The zero-order chi connectivity index (χ0) is 27.6. The van der Waals surface area contributed by atoms with Crippen molar-refractivity contribution in [2.75, 3.05) is 19.6 Å². The Morgan fingerprint density at radius 3 is 2.24 bits per heavy atom. The van der Waals surface area contributed by atoms with Crippen molar-refractivity contribution in [2.45, 2.75) is 49.6 Å². The number of piperidine rings is 1. The van der Waals surface area contributed by atoms with Gasteiger partial charge in [0.1, 0.15) is 6.04 Å². The average Bonchev–Trinajstić information content (AvgIpc) is 3.23. The molecule has 1 aliphatic heterocycles. The Hall–Kier alpha value is -3.34. The van der Waals surface area contributed by atoms with Gasteiger partial charge in [0, 0.05) is 18.5 Å². The first-order valence-corrected chi connectivity index (χ1v) is 12.2. The number of benzene rings is 2. The van der Waals surface area contributed by atoms with Gasteiger partial charge in [0.05, 0.1) is 11.1 Å². The molecule has 38 heavy (non-hydrogen) atoms. The van der Waals surface area contributed by atoms with Gasteiger partial charge in [-0.25, -0.2) is 0 Å². The molecule has 1 fully saturated rings. The molecule has 204 valence electrons. The van der Waals surface area contributed by atoms with E-state index in [4.69, 9.17) is 0 Å². The van der Waals surface area contributed by atoms with Gasteiger partial charge < -0.3 is 15.5 Å². The molecule has 0 radical (unpaired) electrons. The Balaban J connectivity index is 1.34. The van der Waals surface area contributed by atoms with Crippen LogP contribution in [0.5, 0.6) is 0 Å². The number of likely N-dealkylation sites (tertiary alicyclic amines) is 1. The lowest BCUT2D eigenvalue weighted by Crippen LogP contribution is -2.47. The standard InChI is InChI=1S/C27H27F6N3O2/c28-26(29,30)20-13-18(14-21(15-20)27(31,32)33)16-34-24(38)23(35-17-37)6-10-36-11-8-25(9-12-36)7-5-19-3-1-2-4-22(19)25/h1-5,7,13-15,17,23H,6,8-12,16H2,(H,34,38)(H,35,37). The monoisotopic (exact) mass is 539 g/mol. The number of nitrogens with one attached hydrogen (secondary N) is 2. The van der Waals surface area contributed by atoms with Crippen LogP contribution in [0.25, 0.3) is 6.08 Å². The number of fused-ring (bicyclic) bond motifs is 2. The largest absolute Gasteiger partial charge is 0.416 e. The van der Waals surface area contributed by atoms with Crippen molar-refractivity contribution in [2.24, 2.45) is 0 Å². The minimum atomic E-state index is -4.98. The van der Waals surface area contributed by atoms with Crippen LogP contribution in [0.2, 0.25) is 0 Å². The number of carbonyl (C=O) groups excluding carboxylic acids is 2. The predicted octanol–water partition coefficient (Wildman–Crippen LogP) is 4.91. The topological polar surface area (TPSA) is 61.4 Å². The minimum absolute atomic E-state index is 0.00879. The summed E-state index contributed by atoms with van der Waals surface area (Å²) in [6, 6.07) is 8.44. The Morgan fingerprint density at radius 1 is 1.00 bits per heavy atom. The SMILES string of the molecule is O=CNC(CCN1CCC2(C=Cc3ccccc32)CC1)C(=O)NCc1cc(C(F)(F)F)cc(C(F)(F)F)c1. The number of hydrogen-bond acceptors (Lipinski definition) is 3. The highest BCUT2D eigenvalue weighted by Crippen LogP contribution is 2.43. The van der Waals surface area contributed by atoms with E-state index >= 15 is 0 Å². The van der Waals surface area contributed by atoms with Crippen molar-refractivity contribution in [3.63, 3.8) is 0 Å². The normalized spacial score (nSPS) is 17.7. The summed E-state index contributed by atoms with van der Waals surface area (Å²) < 4.78 is 78.6. The summed E-state index contributed by atoms with van der Waals surface area (Å²) in [5, 5.41) is 4.76. The third-order valence-electron chi connectivity index (χ3n) is 7.26. The van der Waals surface area contributed by atoms with Gasteiger partial charge in [-0.15, -0.1) is 0 Å². The molecule has 4 rings (SSSR count). The van der Waals surface area contributed by atoms with Gasteiger partial charge in [0.2, 0.25) is 12.3 Å².